The predicted molar refractivity (Wildman–Crippen MR) is 97.8 cm³/mol. The first-order valence-electron chi connectivity index (χ1n) is 8.28. The lowest BCUT2D eigenvalue weighted by Crippen LogP contribution is -2.07. The Morgan fingerprint density at radius 1 is 1.35 bits per heavy atom. The van der Waals surface area contributed by atoms with E-state index in [1.54, 1.807) is 0 Å². The van der Waals surface area contributed by atoms with Crippen molar-refractivity contribution < 1.29 is 23.2 Å². The second-order valence-corrected chi connectivity index (χ2v) is 8.16. The van der Waals surface area contributed by atoms with Gasteiger partial charge in [-0.2, -0.15) is 0 Å². The molecule has 5 N–H and O–H groups in total. The first-order valence-corrected chi connectivity index (χ1v) is 9.89. The van der Waals surface area contributed by atoms with Crippen LogP contribution < -0.4 is 11.2 Å². The van der Waals surface area contributed by atoms with Crippen LogP contribution in [0.5, 0.6) is 0 Å². The summed E-state index contributed by atoms with van der Waals surface area (Å²) >= 11 is 0. The number of nitrogens with two attached hydrogens (primary N) is 1. The SMILES string of the molecule is CCc1c(CC(C)C)c(F)c(N)c2nc(-c3ccc(P(=O)(O)O)o3)[nH]c12. The number of hydrogen-bond donors (Lipinski definition) is 4. The molecule has 0 aliphatic carbocycles. The molecular weight excluding hydrogens is 360 g/mol. The molecule has 2 aromatic heterocycles. The van der Waals surface area contributed by atoms with Crippen molar-refractivity contribution in [3.05, 3.63) is 29.1 Å². The maximum absolute atomic E-state index is 14.8. The largest absolute Gasteiger partial charge is 0.445 e. The van der Waals surface area contributed by atoms with Crippen molar-refractivity contribution in [3.8, 4) is 11.6 Å². The summed E-state index contributed by atoms with van der Waals surface area (Å²) in [5.41, 5.74) is 7.74. The standard InChI is InChI=1S/C17H21FN3O4P/c1-4-9-10(7-8(2)3)13(18)14(19)16-15(9)20-17(21-16)11-5-6-12(25-11)26(22,23)24/h5-6,8H,4,7,19H2,1-3H3,(H,20,21)(H2,22,23,24). The smallest absolute Gasteiger partial charge is 0.391 e. The molecule has 0 spiro atoms. The maximum atomic E-state index is 14.8. The van der Waals surface area contributed by atoms with E-state index in [-0.39, 0.29) is 28.7 Å². The minimum atomic E-state index is -4.50. The van der Waals surface area contributed by atoms with E-state index in [2.05, 4.69) is 9.97 Å². The number of nitrogens with one attached hydrogen (secondary N) is 1. The van der Waals surface area contributed by atoms with Gasteiger partial charge in [0.2, 0.25) is 5.50 Å². The Labute approximate surface area is 149 Å². The Morgan fingerprint density at radius 2 is 2.04 bits per heavy atom. The number of H-pyrrole nitrogens is 1. The van der Waals surface area contributed by atoms with Crippen molar-refractivity contribution >= 4 is 29.8 Å². The molecule has 0 aliphatic heterocycles. The van der Waals surface area contributed by atoms with E-state index in [9.17, 15) is 18.7 Å². The summed E-state index contributed by atoms with van der Waals surface area (Å²) in [5.74, 6) is 0.176. The van der Waals surface area contributed by atoms with Crippen LogP contribution in [-0.2, 0) is 17.4 Å². The number of aromatic nitrogens is 2. The lowest BCUT2D eigenvalue weighted by Gasteiger charge is -2.14. The zero-order valence-corrected chi connectivity index (χ0v) is 15.6. The van der Waals surface area contributed by atoms with Crippen LogP contribution in [0.1, 0.15) is 31.9 Å². The minimum Gasteiger partial charge on any atom is -0.445 e. The first-order chi connectivity index (χ1) is 12.1. The summed E-state index contributed by atoms with van der Waals surface area (Å²) in [7, 11) is -4.50. The number of benzene rings is 1. The fourth-order valence-corrected chi connectivity index (χ4v) is 3.56. The third-order valence-corrected chi connectivity index (χ3v) is 5.02. The summed E-state index contributed by atoms with van der Waals surface area (Å²) < 4.78 is 31.3. The summed E-state index contributed by atoms with van der Waals surface area (Å²) in [5, 5.41) is 0. The van der Waals surface area contributed by atoms with Crippen LogP contribution in [0.3, 0.4) is 0 Å². The molecule has 0 radical (unpaired) electrons. The Morgan fingerprint density at radius 3 is 2.58 bits per heavy atom. The van der Waals surface area contributed by atoms with Crippen LogP contribution in [0.15, 0.2) is 16.5 Å². The van der Waals surface area contributed by atoms with Gasteiger partial charge in [0.15, 0.2) is 17.4 Å². The molecule has 0 atom stereocenters. The molecule has 0 bridgehead atoms. The van der Waals surface area contributed by atoms with E-state index >= 15 is 0 Å². The van der Waals surface area contributed by atoms with Gasteiger partial charge in [-0.15, -0.1) is 0 Å². The Balaban J connectivity index is 2.21. The molecule has 3 rings (SSSR count). The van der Waals surface area contributed by atoms with Gasteiger partial charge in [-0.1, -0.05) is 20.8 Å². The Bertz CT molecular complexity index is 1020. The van der Waals surface area contributed by atoms with E-state index in [1.165, 1.54) is 12.1 Å². The zero-order valence-electron chi connectivity index (χ0n) is 14.7. The molecule has 0 saturated carbocycles. The normalized spacial score (nSPS) is 12.4. The van der Waals surface area contributed by atoms with Gasteiger partial charge in [0, 0.05) is 0 Å². The predicted octanol–water partition coefficient (Wildman–Crippen LogP) is 3.11. The third-order valence-electron chi connectivity index (χ3n) is 4.20. The number of aryl methyl sites for hydroxylation is 1. The van der Waals surface area contributed by atoms with Crippen LogP contribution in [0, 0.1) is 11.7 Å². The van der Waals surface area contributed by atoms with Crippen molar-refractivity contribution in [1.82, 2.24) is 9.97 Å². The van der Waals surface area contributed by atoms with Crippen molar-refractivity contribution in [1.29, 1.82) is 0 Å². The van der Waals surface area contributed by atoms with E-state index < -0.39 is 18.9 Å². The Hall–Kier alpha value is -2.15. The number of rotatable bonds is 5. The van der Waals surface area contributed by atoms with Crippen molar-refractivity contribution in [3.63, 3.8) is 0 Å². The molecule has 3 aromatic rings. The first kappa shape index (κ1) is 18.6. The highest BCUT2D eigenvalue weighted by molar-refractivity contribution is 7.59. The summed E-state index contributed by atoms with van der Waals surface area (Å²) in [6.07, 6.45) is 1.13. The van der Waals surface area contributed by atoms with Crippen molar-refractivity contribution in [2.24, 2.45) is 5.92 Å². The lowest BCUT2D eigenvalue weighted by atomic mass is 9.94. The fourth-order valence-electron chi connectivity index (χ4n) is 3.08. The summed E-state index contributed by atoms with van der Waals surface area (Å²) in [6.45, 7) is 5.93. The van der Waals surface area contributed by atoms with Crippen molar-refractivity contribution in [2.45, 2.75) is 33.6 Å². The number of nitrogen functional groups attached to an aromatic ring is 1. The maximum Gasteiger partial charge on any atom is 0.391 e. The summed E-state index contributed by atoms with van der Waals surface area (Å²) in [6, 6.07) is 2.59. The molecule has 140 valence electrons. The topological polar surface area (TPSA) is 125 Å². The van der Waals surface area contributed by atoms with Gasteiger partial charge >= 0.3 is 7.60 Å². The molecule has 7 nitrogen and oxygen atoms in total. The van der Waals surface area contributed by atoms with Crippen LogP contribution in [0.2, 0.25) is 0 Å². The van der Waals surface area contributed by atoms with Gasteiger partial charge in [0.1, 0.15) is 5.52 Å². The molecule has 0 saturated heterocycles. The van der Waals surface area contributed by atoms with Crippen LogP contribution in [0.4, 0.5) is 10.1 Å². The molecule has 0 unspecified atom stereocenters. The van der Waals surface area contributed by atoms with E-state index in [0.717, 1.165) is 5.56 Å². The molecule has 0 aliphatic rings. The number of fused-ring (bicyclic) bond motifs is 1. The van der Waals surface area contributed by atoms with Gasteiger partial charge in [-0.05, 0) is 42.0 Å². The van der Waals surface area contributed by atoms with Crippen LogP contribution in [-0.4, -0.2) is 19.8 Å². The number of hydrogen-bond acceptors (Lipinski definition) is 4. The van der Waals surface area contributed by atoms with Gasteiger partial charge in [0.05, 0.1) is 11.2 Å². The van der Waals surface area contributed by atoms with E-state index in [0.29, 0.717) is 23.9 Å². The molecule has 2 heterocycles. The van der Waals surface area contributed by atoms with Crippen molar-refractivity contribution in [2.75, 3.05) is 5.73 Å². The van der Waals surface area contributed by atoms with Gasteiger partial charge in [0.25, 0.3) is 0 Å². The molecule has 0 amide bonds. The van der Waals surface area contributed by atoms with Crippen LogP contribution in [0.25, 0.3) is 22.6 Å². The highest BCUT2D eigenvalue weighted by Crippen LogP contribution is 2.37. The number of imidazole rings is 1. The monoisotopic (exact) mass is 381 g/mol. The van der Waals surface area contributed by atoms with E-state index in [4.69, 9.17) is 10.2 Å². The number of nitrogens with zero attached hydrogens (tertiary/aromatic N) is 1. The van der Waals surface area contributed by atoms with E-state index in [1.807, 2.05) is 20.8 Å². The zero-order chi connectivity index (χ0) is 19.2. The number of aromatic amines is 1. The van der Waals surface area contributed by atoms with Gasteiger partial charge in [-0.25, -0.2) is 9.37 Å². The number of anilines is 1. The second-order valence-electron chi connectivity index (χ2n) is 6.63. The third kappa shape index (κ3) is 3.16. The highest BCUT2D eigenvalue weighted by Gasteiger charge is 2.25. The second kappa shape index (κ2) is 6.54. The summed E-state index contributed by atoms with van der Waals surface area (Å²) in [4.78, 5) is 25.8. The fraction of sp³-hybridized carbons (Fsp3) is 0.353. The minimum absolute atomic E-state index is 0.0443. The molecule has 26 heavy (non-hydrogen) atoms. The molecule has 9 heteroatoms. The molecule has 0 fully saturated rings. The average Bonchev–Trinajstić information content (AvgIpc) is 3.18. The highest BCUT2D eigenvalue weighted by atomic mass is 31.2. The number of furan rings is 1. The molecule has 1 aromatic carbocycles. The average molecular weight is 381 g/mol. The number of halogens is 1. The Kier molecular flexibility index (Phi) is 4.69. The van der Waals surface area contributed by atoms with Gasteiger partial charge < -0.3 is 24.9 Å². The lowest BCUT2D eigenvalue weighted by molar-refractivity contribution is 0.377. The van der Waals surface area contributed by atoms with Crippen LogP contribution >= 0.6 is 7.60 Å². The van der Waals surface area contributed by atoms with Gasteiger partial charge in [-0.3, -0.25) is 4.57 Å². The quantitative estimate of drug-likeness (QED) is 0.397. The molecular formula is C17H21FN3O4P.